The van der Waals surface area contributed by atoms with Gasteiger partial charge >= 0.3 is 6.09 Å². The number of rotatable bonds is 1. The second kappa shape index (κ2) is 4.89. The molecule has 1 aliphatic rings. The zero-order valence-corrected chi connectivity index (χ0v) is 12.0. The van der Waals surface area contributed by atoms with Crippen LogP contribution in [0.4, 0.5) is 4.79 Å². The van der Waals surface area contributed by atoms with Gasteiger partial charge in [-0.2, -0.15) is 0 Å². The van der Waals surface area contributed by atoms with Crippen molar-refractivity contribution in [2.75, 3.05) is 13.1 Å². The third kappa shape index (κ3) is 2.34. The van der Waals surface area contributed by atoms with Gasteiger partial charge in [0.25, 0.3) is 0 Å². The summed E-state index contributed by atoms with van der Waals surface area (Å²) in [4.78, 5) is 15.7. The highest BCUT2D eigenvalue weighted by Crippen LogP contribution is 2.33. The first-order valence-electron chi connectivity index (χ1n) is 6.39. The fourth-order valence-electron chi connectivity index (χ4n) is 2.84. The summed E-state index contributed by atoms with van der Waals surface area (Å²) >= 11 is 3.47. The van der Waals surface area contributed by atoms with Crippen molar-refractivity contribution in [2.24, 2.45) is 0 Å². The number of nitrogens with one attached hydrogen (secondary N) is 1. The van der Waals surface area contributed by atoms with Crippen molar-refractivity contribution < 1.29 is 9.90 Å². The summed E-state index contributed by atoms with van der Waals surface area (Å²) in [7, 11) is 0. The minimum Gasteiger partial charge on any atom is -0.465 e. The fourth-order valence-corrected chi connectivity index (χ4v) is 3.20. The van der Waals surface area contributed by atoms with E-state index in [1.54, 1.807) is 0 Å². The van der Waals surface area contributed by atoms with Crippen LogP contribution >= 0.6 is 15.9 Å². The number of halogens is 1. The third-order valence-electron chi connectivity index (χ3n) is 3.88. The Morgan fingerprint density at radius 3 is 2.79 bits per heavy atom. The van der Waals surface area contributed by atoms with E-state index in [9.17, 15) is 4.79 Å². The molecule has 3 rings (SSSR count). The molecule has 2 aromatic rings. The molecule has 0 spiro atoms. The van der Waals surface area contributed by atoms with Crippen molar-refractivity contribution in [1.29, 1.82) is 0 Å². The number of benzene rings is 1. The molecule has 1 fully saturated rings. The first-order chi connectivity index (χ1) is 9.15. The Morgan fingerprint density at radius 1 is 1.37 bits per heavy atom. The summed E-state index contributed by atoms with van der Waals surface area (Å²) in [6, 6.07) is 6.24. The number of hydrogen-bond donors (Lipinski definition) is 2. The largest absolute Gasteiger partial charge is 0.465 e. The second-order valence-electron chi connectivity index (χ2n) is 4.98. The summed E-state index contributed by atoms with van der Waals surface area (Å²) in [5, 5.41) is 10.2. The molecule has 2 heterocycles. The number of aromatic amines is 1. The number of carbonyl (C=O) groups is 1. The van der Waals surface area contributed by atoms with E-state index in [1.807, 2.05) is 6.07 Å². The lowest BCUT2D eigenvalue weighted by molar-refractivity contribution is 0.132. The standard InChI is InChI=1S/C14H15BrN2O2/c15-10-1-2-11-12(8-16-13(11)7-10)9-3-5-17(6-4-9)14(18)19/h1-2,7-9,16H,3-6H2,(H,18,19). The smallest absolute Gasteiger partial charge is 0.407 e. The average molecular weight is 323 g/mol. The molecule has 2 N–H and O–H groups in total. The number of H-pyrrole nitrogens is 1. The predicted molar refractivity (Wildman–Crippen MR) is 77.6 cm³/mol. The Labute approximate surface area is 119 Å². The van der Waals surface area contributed by atoms with Crippen LogP contribution in [0, 0.1) is 0 Å². The van der Waals surface area contributed by atoms with Crippen molar-refractivity contribution in [3.63, 3.8) is 0 Å². The molecule has 0 bridgehead atoms. The molecule has 4 nitrogen and oxygen atoms in total. The third-order valence-corrected chi connectivity index (χ3v) is 4.37. The van der Waals surface area contributed by atoms with Gasteiger partial charge in [0, 0.05) is 34.7 Å². The van der Waals surface area contributed by atoms with E-state index in [1.165, 1.54) is 15.8 Å². The van der Waals surface area contributed by atoms with E-state index in [2.05, 4.69) is 39.2 Å². The molecule has 5 heteroatoms. The molecule has 1 saturated heterocycles. The van der Waals surface area contributed by atoms with Gasteiger partial charge in [-0.25, -0.2) is 4.79 Å². The van der Waals surface area contributed by atoms with Gasteiger partial charge in [0.05, 0.1) is 0 Å². The predicted octanol–water partition coefficient (Wildman–Crippen LogP) is 3.79. The number of fused-ring (bicyclic) bond motifs is 1. The summed E-state index contributed by atoms with van der Waals surface area (Å²) in [6.45, 7) is 1.26. The molecule has 0 radical (unpaired) electrons. The molecule has 1 aromatic heterocycles. The van der Waals surface area contributed by atoms with Gasteiger partial charge in [-0.3, -0.25) is 0 Å². The zero-order chi connectivity index (χ0) is 13.4. The second-order valence-corrected chi connectivity index (χ2v) is 5.89. The van der Waals surface area contributed by atoms with Crippen LogP contribution in [0.2, 0.25) is 0 Å². The number of piperidine rings is 1. The van der Waals surface area contributed by atoms with Crippen LogP contribution in [-0.2, 0) is 0 Å². The molecule has 0 saturated carbocycles. The summed E-state index contributed by atoms with van der Waals surface area (Å²) in [5.41, 5.74) is 2.44. The lowest BCUT2D eigenvalue weighted by atomic mass is 9.89. The highest BCUT2D eigenvalue weighted by molar-refractivity contribution is 9.10. The van der Waals surface area contributed by atoms with Crippen LogP contribution in [-0.4, -0.2) is 34.2 Å². The van der Waals surface area contributed by atoms with Crippen LogP contribution in [0.5, 0.6) is 0 Å². The number of aromatic nitrogens is 1. The van der Waals surface area contributed by atoms with Gasteiger partial charge in [0.1, 0.15) is 0 Å². The average Bonchev–Trinajstić information content (AvgIpc) is 2.81. The topological polar surface area (TPSA) is 56.3 Å². The Bertz CT molecular complexity index is 615. The number of nitrogens with zero attached hydrogens (tertiary/aromatic N) is 1. The number of amides is 1. The monoisotopic (exact) mass is 322 g/mol. The van der Waals surface area contributed by atoms with Crippen molar-refractivity contribution in [3.05, 3.63) is 34.4 Å². The molecule has 19 heavy (non-hydrogen) atoms. The van der Waals surface area contributed by atoms with E-state index >= 15 is 0 Å². The first kappa shape index (κ1) is 12.5. The molecule has 1 amide bonds. The van der Waals surface area contributed by atoms with Crippen LogP contribution in [0.15, 0.2) is 28.9 Å². The first-order valence-corrected chi connectivity index (χ1v) is 7.19. The fraction of sp³-hybridized carbons (Fsp3) is 0.357. The van der Waals surface area contributed by atoms with E-state index in [-0.39, 0.29) is 0 Å². The molecule has 100 valence electrons. The van der Waals surface area contributed by atoms with Gasteiger partial charge < -0.3 is 15.0 Å². The maximum atomic E-state index is 10.9. The summed E-state index contributed by atoms with van der Waals surface area (Å²) in [6.07, 6.45) is 3.06. The Balaban J connectivity index is 1.84. The minimum absolute atomic E-state index is 0.450. The molecular formula is C14H15BrN2O2. The van der Waals surface area contributed by atoms with Gasteiger partial charge in [0.2, 0.25) is 0 Å². The number of carboxylic acid groups (broad SMARTS) is 1. The van der Waals surface area contributed by atoms with E-state index in [0.29, 0.717) is 19.0 Å². The van der Waals surface area contributed by atoms with Gasteiger partial charge in [-0.15, -0.1) is 0 Å². The van der Waals surface area contributed by atoms with E-state index in [4.69, 9.17) is 5.11 Å². The number of likely N-dealkylation sites (tertiary alicyclic amines) is 1. The molecular weight excluding hydrogens is 308 g/mol. The van der Waals surface area contributed by atoms with Crippen molar-refractivity contribution in [2.45, 2.75) is 18.8 Å². The number of hydrogen-bond acceptors (Lipinski definition) is 1. The Morgan fingerprint density at radius 2 is 2.11 bits per heavy atom. The lowest BCUT2D eigenvalue weighted by Crippen LogP contribution is -2.36. The molecule has 0 atom stereocenters. The highest BCUT2D eigenvalue weighted by Gasteiger charge is 2.24. The quantitative estimate of drug-likeness (QED) is 0.839. The SMILES string of the molecule is O=C(O)N1CCC(c2c[nH]c3cc(Br)ccc23)CC1. The molecule has 1 aliphatic heterocycles. The van der Waals surface area contributed by atoms with E-state index in [0.717, 1.165) is 22.8 Å². The molecule has 0 aliphatic carbocycles. The maximum absolute atomic E-state index is 10.9. The Hall–Kier alpha value is -1.49. The van der Waals surface area contributed by atoms with Crippen LogP contribution < -0.4 is 0 Å². The van der Waals surface area contributed by atoms with Crippen molar-refractivity contribution in [3.8, 4) is 0 Å². The Kier molecular flexibility index (Phi) is 3.22. The molecule has 0 unspecified atom stereocenters. The van der Waals surface area contributed by atoms with Crippen molar-refractivity contribution in [1.82, 2.24) is 9.88 Å². The van der Waals surface area contributed by atoms with E-state index < -0.39 is 6.09 Å². The normalized spacial score (nSPS) is 17.0. The lowest BCUT2D eigenvalue weighted by Gasteiger charge is -2.29. The van der Waals surface area contributed by atoms with Gasteiger partial charge in [0.15, 0.2) is 0 Å². The summed E-state index contributed by atoms with van der Waals surface area (Å²) < 4.78 is 1.06. The van der Waals surface area contributed by atoms with Crippen molar-refractivity contribution >= 4 is 32.9 Å². The zero-order valence-electron chi connectivity index (χ0n) is 10.4. The van der Waals surface area contributed by atoms with Crippen LogP contribution in [0.3, 0.4) is 0 Å². The molecule has 1 aromatic carbocycles. The minimum atomic E-state index is -0.804. The maximum Gasteiger partial charge on any atom is 0.407 e. The van der Waals surface area contributed by atoms with Crippen LogP contribution in [0.25, 0.3) is 10.9 Å². The van der Waals surface area contributed by atoms with Gasteiger partial charge in [-0.1, -0.05) is 22.0 Å². The van der Waals surface area contributed by atoms with Gasteiger partial charge in [-0.05, 0) is 36.5 Å². The summed E-state index contributed by atoms with van der Waals surface area (Å²) in [5.74, 6) is 0.450. The highest BCUT2D eigenvalue weighted by atomic mass is 79.9. The van der Waals surface area contributed by atoms with Crippen LogP contribution in [0.1, 0.15) is 24.3 Å².